The van der Waals surface area contributed by atoms with Gasteiger partial charge in [0.05, 0.1) is 23.6 Å². The molecule has 1 heterocycles. The molecule has 1 N–H and O–H groups in total. The maximum Gasteiger partial charge on any atom is 0.251 e. The van der Waals surface area contributed by atoms with Gasteiger partial charge >= 0.3 is 0 Å². The number of thioether (sulfide) groups is 1. The van der Waals surface area contributed by atoms with Crippen molar-refractivity contribution < 1.29 is 4.79 Å². The van der Waals surface area contributed by atoms with Gasteiger partial charge < -0.3 is 9.88 Å². The highest BCUT2D eigenvalue weighted by atomic mass is 35.5. The molecule has 0 saturated carbocycles. The summed E-state index contributed by atoms with van der Waals surface area (Å²) in [6, 6.07) is 22.5. The highest BCUT2D eigenvalue weighted by molar-refractivity contribution is 7.98. The molecule has 0 spiro atoms. The fourth-order valence-electron chi connectivity index (χ4n) is 3.70. The number of halogens is 2. The van der Waals surface area contributed by atoms with E-state index in [1.165, 1.54) is 0 Å². The minimum Gasteiger partial charge on any atom is -0.342 e. The van der Waals surface area contributed by atoms with Crippen LogP contribution in [0.1, 0.15) is 34.2 Å². The number of aromatic nitrogens is 2. The molecule has 0 aliphatic carbocycles. The third-order valence-electron chi connectivity index (χ3n) is 5.33. The molecule has 7 heteroatoms. The molecule has 0 bridgehead atoms. The Balaban J connectivity index is 1.77. The molecule has 164 valence electrons. The van der Waals surface area contributed by atoms with E-state index in [0.717, 1.165) is 34.6 Å². The SMILES string of the molecule is CSCCC(NC(=O)c1ccccc1)c1nc2ccccc2n1Cc1c(Cl)cccc1Cl. The lowest BCUT2D eigenvalue weighted by Crippen LogP contribution is -2.31. The van der Waals surface area contributed by atoms with E-state index in [1.807, 2.05) is 72.8 Å². The number of hydrogen-bond donors (Lipinski definition) is 1. The number of benzene rings is 3. The molecule has 4 rings (SSSR count). The van der Waals surface area contributed by atoms with Gasteiger partial charge in [-0.2, -0.15) is 11.8 Å². The minimum absolute atomic E-state index is 0.119. The third-order valence-corrected chi connectivity index (χ3v) is 6.68. The Morgan fingerprint density at radius 3 is 2.41 bits per heavy atom. The summed E-state index contributed by atoms with van der Waals surface area (Å²) in [4.78, 5) is 17.9. The largest absolute Gasteiger partial charge is 0.342 e. The van der Waals surface area contributed by atoms with E-state index in [9.17, 15) is 4.79 Å². The second kappa shape index (κ2) is 10.4. The van der Waals surface area contributed by atoms with Gasteiger partial charge in [0.1, 0.15) is 5.82 Å². The first-order valence-electron chi connectivity index (χ1n) is 10.3. The fourth-order valence-corrected chi connectivity index (χ4v) is 4.69. The van der Waals surface area contributed by atoms with Crippen molar-refractivity contribution in [3.63, 3.8) is 0 Å². The Labute approximate surface area is 201 Å². The molecule has 1 atom stereocenters. The molecule has 0 aliphatic heterocycles. The van der Waals surface area contributed by atoms with Crippen LogP contribution in [-0.4, -0.2) is 27.5 Å². The molecule has 0 radical (unpaired) electrons. The van der Waals surface area contributed by atoms with Crippen LogP contribution in [0.25, 0.3) is 11.0 Å². The molecule has 3 aromatic carbocycles. The van der Waals surface area contributed by atoms with Gasteiger partial charge in [-0.25, -0.2) is 4.98 Å². The number of carbonyl (C=O) groups excluding carboxylic acids is 1. The molecule has 1 unspecified atom stereocenters. The number of amides is 1. The Bertz CT molecular complexity index is 1210. The standard InChI is InChI=1S/C25H23Cl2N3OS/c1-32-15-14-22(29-25(31)17-8-3-2-4-9-17)24-28-21-12-5-6-13-23(21)30(24)16-18-19(26)10-7-11-20(18)27/h2-13,22H,14-16H2,1H3,(H,29,31). The van der Waals surface area contributed by atoms with Crippen LogP contribution in [0.4, 0.5) is 0 Å². The summed E-state index contributed by atoms with van der Waals surface area (Å²) >= 11 is 14.7. The van der Waals surface area contributed by atoms with Crippen molar-refractivity contribution >= 4 is 51.9 Å². The predicted octanol–water partition coefficient (Wildman–Crippen LogP) is 6.62. The van der Waals surface area contributed by atoms with E-state index in [2.05, 4.69) is 16.1 Å². The van der Waals surface area contributed by atoms with Gasteiger partial charge in [0.15, 0.2) is 0 Å². The van der Waals surface area contributed by atoms with Crippen LogP contribution < -0.4 is 5.32 Å². The first-order chi connectivity index (χ1) is 15.6. The van der Waals surface area contributed by atoms with Gasteiger partial charge in [0, 0.05) is 21.2 Å². The zero-order chi connectivity index (χ0) is 22.5. The zero-order valence-electron chi connectivity index (χ0n) is 17.6. The normalized spacial score (nSPS) is 12.1. The summed E-state index contributed by atoms with van der Waals surface area (Å²) in [5, 5.41) is 4.41. The molecule has 1 aromatic heterocycles. The van der Waals surface area contributed by atoms with Gasteiger partial charge in [-0.05, 0) is 54.8 Å². The van der Waals surface area contributed by atoms with Crippen LogP contribution >= 0.6 is 35.0 Å². The molecule has 4 aromatic rings. The van der Waals surface area contributed by atoms with E-state index in [1.54, 1.807) is 11.8 Å². The van der Waals surface area contributed by atoms with Crippen LogP contribution in [0.5, 0.6) is 0 Å². The topological polar surface area (TPSA) is 46.9 Å². The van der Waals surface area contributed by atoms with Crippen molar-refractivity contribution in [1.29, 1.82) is 0 Å². The van der Waals surface area contributed by atoms with Crippen LogP contribution in [0.15, 0.2) is 72.8 Å². The van der Waals surface area contributed by atoms with Gasteiger partial charge in [-0.1, -0.05) is 59.6 Å². The minimum atomic E-state index is -0.260. The van der Waals surface area contributed by atoms with Gasteiger partial charge in [0.25, 0.3) is 5.91 Å². The maximum atomic E-state index is 13.0. The first-order valence-corrected chi connectivity index (χ1v) is 12.5. The Hall–Kier alpha value is -2.47. The van der Waals surface area contributed by atoms with E-state index in [0.29, 0.717) is 22.2 Å². The second-order valence-corrected chi connectivity index (χ2v) is 9.22. The summed E-state index contributed by atoms with van der Waals surface area (Å²) in [5.74, 6) is 1.56. The summed E-state index contributed by atoms with van der Waals surface area (Å²) in [5.41, 5.74) is 3.30. The highest BCUT2D eigenvalue weighted by Gasteiger charge is 2.23. The van der Waals surface area contributed by atoms with Crippen molar-refractivity contribution in [2.75, 3.05) is 12.0 Å². The molecule has 1 amide bonds. The van der Waals surface area contributed by atoms with Gasteiger partial charge in [-0.15, -0.1) is 0 Å². The quantitative estimate of drug-likeness (QED) is 0.306. The number of nitrogens with one attached hydrogen (secondary N) is 1. The molecule has 32 heavy (non-hydrogen) atoms. The zero-order valence-corrected chi connectivity index (χ0v) is 19.9. The molecule has 0 aliphatic rings. The Kier molecular flexibility index (Phi) is 7.40. The van der Waals surface area contributed by atoms with Gasteiger partial charge in [-0.3, -0.25) is 4.79 Å². The lowest BCUT2D eigenvalue weighted by molar-refractivity contribution is 0.0933. The Morgan fingerprint density at radius 1 is 1.00 bits per heavy atom. The van der Waals surface area contributed by atoms with Crippen LogP contribution in [-0.2, 0) is 6.54 Å². The summed E-state index contributed by atoms with van der Waals surface area (Å²) in [6.45, 7) is 0.464. The van der Waals surface area contributed by atoms with Crippen molar-refractivity contribution in [2.24, 2.45) is 0 Å². The van der Waals surface area contributed by atoms with E-state index in [-0.39, 0.29) is 11.9 Å². The number of hydrogen-bond acceptors (Lipinski definition) is 3. The molecule has 4 nitrogen and oxygen atoms in total. The summed E-state index contributed by atoms with van der Waals surface area (Å²) < 4.78 is 2.11. The maximum absolute atomic E-state index is 13.0. The third kappa shape index (κ3) is 4.96. The first kappa shape index (κ1) is 22.7. The van der Waals surface area contributed by atoms with Crippen LogP contribution in [0, 0.1) is 0 Å². The van der Waals surface area contributed by atoms with Gasteiger partial charge in [0.2, 0.25) is 0 Å². The summed E-state index contributed by atoms with van der Waals surface area (Å²) in [7, 11) is 0. The number of nitrogens with zero attached hydrogens (tertiary/aromatic N) is 2. The average Bonchev–Trinajstić information content (AvgIpc) is 3.18. The van der Waals surface area contributed by atoms with Crippen molar-refractivity contribution in [3.8, 4) is 0 Å². The number of rotatable bonds is 8. The summed E-state index contributed by atoms with van der Waals surface area (Å²) in [6.07, 6.45) is 2.81. The van der Waals surface area contributed by atoms with Crippen LogP contribution in [0.2, 0.25) is 10.0 Å². The monoisotopic (exact) mass is 483 g/mol. The second-order valence-electron chi connectivity index (χ2n) is 7.42. The van der Waals surface area contributed by atoms with E-state index in [4.69, 9.17) is 28.2 Å². The molecular weight excluding hydrogens is 461 g/mol. The lowest BCUT2D eigenvalue weighted by atomic mass is 10.1. The van der Waals surface area contributed by atoms with E-state index < -0.39 is 0 Å². The number of fused-ring (bicyclic) bond motifs is 1. The smallest absolute Gasteiger partial charge is 0.251 e. The number of carbonyl (C=O) groups is 1. The number of para-hydroxylation sites is 2. The van der Waals surface area contributed by atoms with Crippen LogP contribution in [0.3, 0.4) is 0 Å². The molecule has 0 saturated heterocycles. The van der Waals surface area contributed by atoms with Crippen molar-refractivity contribution in [1.82, 2.24) is 14.9 Å². The molecular formula is C25H23Cl2N3OS. The van der Waals surface area contributed by atoms with E-state index >= 15 is 0 Å². The molecule has 0 fully saturated rings. The highest BCUT2D eigenvalue weighted by Crippen LogP contribution is 2.30. The van der Waals surface area contributed by atoms with Crippen molar-refractivity contribution in [3.05, 3.63) is 99.8 Å². The van der Waals surface area contributed by atoms with Crippen molar-refractivity contribution in [2.45, 2.75) is 19.0 Å². The Morgan fingerprint density at radius 2 is 1.69 bits per heavy atom. The fraction of sp³-hybridized carbons (Fsp3) is 0.200. The lowest BCUT2D eigenvalue weighted by Gasteiger charge is -2.21. The predicted molar refractivity (Wildman–Crippen MR) is 135 cm³/mol. The number of imidazole rings is 1. The average molecular weight is 484 g/mol.